The molecule has 0 saturated heterocycles. The van der Waals surface area contributed by atoms with Crippen LogP contribution in [-0.4, -0.2) is 9.30 Å². The molecule has 5 heteroatoms. The lowest BCUT2D eigenvalue weighted by Crippen LogP contribution is -2.35. The number of hydrogen-bond acceptors (Lipinski definition) is 2. The number of halogens is 2. The lowest BCUT2D eigenvalue weighted by molar-refractivity contribution is 0.507. The summed E-state index contributed by atoms with van der Waals surface area (Å²) in [5, 5.41) is 5.26. The maximum Gasteiger partial charge on any atom is 0.166 e. The second-order valence-electron chi connectivity index (χ2n) is 3.88. The van der Waals surface area contributed by atoms with Crippen LogP contribution < -0.4 is 5.14 Å². The third-order valence-electron chi connectivity index (χ3n) is 2.16. The molecule has 0 bridgehead atoms. The summed E-state index contributed by atoms with van der Waals surface area (Å²) >= 11 is -1.56. The van der Waals surface area contributed by atoms with Crippen molar-refractivity contribution < 1.29 is 13.3 Å². The van der Waals surface area contributed by atoms with Crippen LogP contribution in [0.4, 0.5) is 8.78 Å². The number of hydrogen-bond donors (Lipinski definition) is 1. The van der Waals surface area contributed by atoms with Gasteiger partial charge in [0, 0.05) is 16.9 Å². The van der Waals surface area contributed by atoms with Gasteiger partial charge in [0.2, 0.25) is 0 Å². The SMILES string of the molecule is CC(C)(/C=C/c1cccc(F)c1F)[S+](N)[O-]. The van der Waals surface area contributed by atoms with Crippen molar-refractivity contribution in [3.8, 4) is 0 Å². The first-order chi connectivity index (χ1) is 7.34. The van der Waals surface area contributed by atoms with E-state index in [1.54, 1.807) is 13.8 Å². The Labute approximate surface area is 96.5 Å². The van der Waals surface area contributed by atoms with Gasteiger partial charge in [-0.3, -0.25) is 0 Å². The van der Waals surface area contributed by atoms with E-state index < -0.39 is 27.7 Å². The highest BCUT2D eigenvalue weighted by Crippen LogP contribution is 2.19. The minimum atomic E-state index is -1.56. The highest BCUT2D eigenvalue weighted by atomic mass is 32.2. The first kappa shape index (κ1) is 13.2. The molecule has 16 heavy (non-hydrogen) atoms. The Morgan fingerprint density at radius 1 is 1.38 bits per heavy atom. The molecule has 0 aliphatic carbocycles. The van der Waals surface area contributed by atoms with E-state index >= 15 is 0 Å². The fourth-order valence-electron chi connectivity index (χ4n) is 1.01. The van der Waals surface area contributed by atoms with Crippen LogP contribution in [-0.2, 0) is 11.4 Å². The Morgan fingerprint density at radius 3 is 2.56 bits per heavy atom. The summed E-state index contributed by atoms with van der Waals surface area (Å²) in [4.78, 5) is 0. The van der Waals surface area contributed by atoms with Crippen LogP contribution in [0, 0.1) is 11.6 Å². The predicted octanol–water partition coefficient (Wildman–Crippen LogP) is 2.38. The third kappa shape index (κ3) is 3.04. The van der Waals surface area contributed by atoms with Crippen LogP contribution >= 0.6 is 0 Å². The Kier molecular flexibility index (Phi) is 4.07. The van der Waals surface area contributed by atoms with Gasteiger partial charge in [-0.05, 0) is 26.0 Å². The summed E-state index contributed by atoms with van der Waals surface area (Å²) in [6.45, 7) is 3.30. The molecule has 0 saturated carbocycles. The number of rotatable bonds is 3. The fraction of sp³-hybridized carbons (Fsp3) is 0.273. The molecular weight excluding hydrogens is 232 g/mol. The van der Waals surface area contributed by atoms with Gasteiger partial charge in [-0.15, -0.1) is 0 Å². The van der Waals surface area contributed by atoms with Crippen molar-refractivity contribution in [1.82, 2.24) is 0 Å². The molecule has 0 radical (unpaired) electrons. The summed E-state index contributed by atoms with van der Waals surface area (Å²) < 4.78 is 36.4. The van der Waals surface area contributed by atoms with Crippen molar-refractivity contribution in [3.63, 3.8) is 0 Å². The van der Waals surface area contributed by atoms with Gasteiger partial charge >= 0.3 is 0 Å². The van der Waals surface area contributed by atoms with Gasteiger partial charge in [0.1, 0.15) is 0 Å². The zero-order chi connectivity index (χ0) is 12.3. The van der Waals surface area contributed by atoms with E-state index in [1.807, 2.05) is 0 Å². The summed E-state index contributed by atoms with van der Waals surface area (Å²) in [6, 6.07) is 3.88. The molecule has 0 amide bonds. The maximum atomic E-state index is 13.2. The van der Waals surface area contributed by atoms with Gasteiger partial charge in [0.05, 0.1) is 0 Å². The van der Waals surface area contributed by atoms with E-state index in [0.717, 1.165) is 6.07 Å². The van der Waals surface area contributed by atoms with Gasteiger partial charge in [-0.2, -0.15) is 5.14 Å². The molecule has 1 aromatic carbocycles. The average molecular weight is 245 g/mol. The summed E-state index contributed by atoms with van der Waals surface area (Å²) in [5.74, 6) is -1.83. The monoisotopic (exact) mass is 245 g/mol. The number of benzene rings is 1. The van der Waals surface area contributed by atoms with E-state index in [0.29, 0.717) is 0 Å². The Balaban J connectivity index is 2.97. The second-order valence-corrected chi connectivity index (χ2v) is 5.52. The molecule has 0 fully saturated rings. The Morgan fingerprint density at radius 2 is 2.00 bits per heavy atom. The van der Waals surface area contributed by atoms with Gasteiger partial charge in [0.25, 0.3) is 0 Å². The van der Waals surface area contributed by atoms with Gasteiger partial charge in [-0.1, -0.05) is 18.2 Å². The first-order valence-corrected chi connectivity index (χ1v) is 5.85. The van der Waals surface area contributed by atoms with Crippen LogP contribution in [0.25, 0.3) is 6.08 Å². The normalized spacial score (nSPS) is 14.4. The van der Waals surface area contributed by atoms with Crippen molar-refractivity contribution in [2.45, 2.75) is 18.6 Å². The van der Waals surface area contributed by atoms with Crippen molar-refractivity contribution in [1.29, 1.82) is 0 Å². The van der Waals surface area contributed by atoms with Crippen LogP contribution in [0.5, 0.6) is 0 Å². The van der Waals surface area contributed by atoms with Crippen molar-refractivity contribution >= 4 is 17.4 Å². The lowest BCUT2D eigenvalue weighted by Gasteiger charge is -2.20. The molecule has 2 N–H and O–H groups in total. The second kappa shape index (κ2) is 4.95. The van der Waals surface area contributed by atoms with E-state index in [2.05, 4.69) is 0 Å². The van der Waals surface area contributed by atoms with Gasteiger partial charge in [-0.25, -0.2) is 8.78 Å². The molecule has 88 valence electrons. The molecular formula is C11H13F2NOS. The van der Waals surface area contributed by atoms with Crippen LogP contribution in [0.15, 0.2) is 24.3 Å². The topological polar surface area (TPSA) is 49.1 Å². The van der Waals surface area contributed by atoms with Crippen molar-refractivity contribution in [2.24, 2.45) is 5.14 Å². The molecule has 1 atom stereocenters. The minimum absolute atomic E-state index is 0.110. The molecule has 0 aliphatic heterocycles. The standard InChI is InChI=1S/C11H13F2NOS/c1-11(2,16(14)15)7-6-8-4-3-5-9(12)10(8)13/h3-7H,14H2,1-2H3/b7-6+. The van der Waals surface area contributed by atoms with E-state index in [4.69, 9.17) is 5.14 Å². The van der Waals surface area contributed by atoms with E-state index in [1.165, 1.54) is 24.3 Å². The largest absolute Gasteiger partial charge is 0.598 e. The zero-order valence-electron chi connectivity index (χ0n) is 9.04. The Hall–Kier alpha value is -0.910. The van der Waals surface area contributed by atoms with Gasteiger partial charge in [0.15, 0.2) is 16.4 Å². The average Bonchev–Trinajstić information content (AvgIpc) is 2.20. The lowest BCUT2D eigenvalue weighted by atomic mass is 10.1. The molecule has 1 unspecified atom stereocenters. The first-order valence-electron chi connectivity index (χ1n) is 4.64. The van der Waals surface area contributed by atoms with Crippen LogP contribution in [0.2, 0.25) is 0 Å². The van der Waals surface area contributed by atoms with Gasteiger partial charge < -0.3 is 4.55 Å². The minimum Gasteiger partial charge on any atom is -0.598 e. The van der Waals surface area contributed by atoms with E-state index in [-0.39, 0.29) is 5.56 Å². The highest BCUT2D eigenvalue weighted by molar-refractivity contribution is 7.90. The molecule has 0 aromatic heterocycles. The summed E-state index contributed by atoms with van der Waals surface area (Å²) in [7, 11) is 0. The smallest absolute Gasteiger partial charge is 0.166 e. The third-order valence-corrected chi connectivity index (χ3v) is 3.34. The highest BCUT2D eigenvalue weighted by Gasteiger charge is 2.26. The molecule has 1 aromatic rings. The van der Waals surface area contributed by atoms with E-state index in [9.17, 15) is 13.3 Å². The molecule has 2 nitrogen and oxygen atoms in total. The van der Waals surface area contributed by atoms with Crippen LogP contribution in [0.3, 0.4) is 0 Å². The quantitative estimate of drug-likeness (QED) is 0.831. The summed E-state index contributed by atoms with van der Waals surface area (Å²) in [5.41, 5.74) is 0.110. The van der Waals surface area contributed by atoms with Crippen molar-refractivity contribution in [2.75, 3.05) is 0 Å². The fourth-order valence-corrected chi connectivity index (χ4v) is 1.21. The maximum absolute atomic E-state index is 13.2. The zero-order valence-corrected chi connectivity index (χ0v) is 9.85. The van der Waals surface area contributed by atoms with Crippen LogP contribution in [0.1, 0.15) is 19.4 Å². The predicted molar refractivity (Wildman–Crippen MR) is 61.8 cm³/mol. The molecule has 0 aliphatic rings. The van der Waals surface area contributed by atoms with Crippen molar-refractivity contribution in [3.05, 3.63) is 41.5 Å². The molecule has 1 rings (SSSR count). The number of nitrogens with two attached hydrogens (primary N) is 1. The summed E-state index contributed by atoms with van der Waals surface area (Å²) in [6.07, 6.45) is 2.88. The molecule has 0 heterocycles. The Bertz CT molecular complexity index is 405. The molecule has 0 spiro atoms.